The second-order valence-electron chi connectivity index (χ2n) is 8.70. The predicted octanol–water partition coefficient (Wildman–Crippen LogP) is 3.30. The number of fused-ring (bicyclic) bond motifs is 1. The summed E-state index contributed by atoms with van der Waals surface area (Å²) in [4.78, 5) is 21.1. The first kappa shape index (κ1) is 22.3. The van der Waals surface area contributed by atoms with Gasteiger partial charge in [0, 0.05) is 42.1 Å². The molecule has 1 aliphatic heterocycles. The van der Waals surface area contributed by atoms with Crippen LogP contribution in [0.4, 0.5) is 11.6 Å². The highest BCUT2D eigenvalue weighted by atomic mass is 35.5. The van der Waals surface area contributed by atoms with Gasteiger partial charge in [-0.1, -0.05) is 29.4 Å². The molecule has 0 unspecified atom stereocenters. The van der Waals surface area contributed by atoms with Crippen LogP contribution in [0.1, 0.15) is 41.5 Å². The monoisotopic (exact) mass is 483 g/mol. The summed E-state index contributed by atoms with van der Waals surface area (Å²) in [5, 5.41) is 11.1. The summed E-state index contributed by atoms with van der Waals surface area (Å²) in [5.41, 5.74) is 16.2. The lowest BCUT2D eigenvalue weighted by atomic mass is 9.73. The van der Waals surface area contributed by atoms with Crippen molar-refractivity contribution in [3.8, 4) is 0 Å². The topological polar surface area (TPSA) is 127 Å². The summed E-state index contributed by atoms with van der Waals surface area (Å²) >= 11 is 7.67. The summed E-state index contributed by atoms with van der Waals surface area (Å²) in [6, 6.07) is 5.86. The zero-order chi connectivity index (χ0) is 23.2. The molecule has 172 valence electrons. The number of aromatic nitrogens is 4. The molecule has 3 aromatic rings. The number of halogens is 1. The second kappa shape index (κ2) is 8.72. The maximum Gasteiger partial charge on any atom is 0.153 e. The number of aliphatic hydroxyl groups is 1. The number of aliphatic hydroxyl groups excluding tert-OH is 1. The number of hydrogen-bond donors (Lipinski definition) is 3. The molecule has 4 heterocycles. The van der Waals surface area contributed by atoms with Crippen molar-refractivity contribution in [3.63, 3.8) is 0 Å². The normalized spacial score (nSPS) is 19.2. The molecular formula is C23H26ClN7OS. The largest absolute Gasteiger partial charge is 0.390 e. The number of hydrogen-bond acceptors (Lipinski definition) is 9. The van der Waals surface area contributed by atoms with Gasteiger partial charge in [0.25, 0.3) is 0 Å². The average Bonchev–Trinajstić information content (AvgIpc) is 3.09. The van der Waals surface area contributed by atoms with Crippen molar-refractivity contribution < 1.29 is 5.11 Å². The van der Waals surface area contributed by atoms with E-state index in [4.69, 9.17) is 33.0 Å². The Labute approximate surface area is 201 Å². The number of aryl methyl sites for hydroxylation is 1. The number of anilines is 2. The number of rotatable bonds is 4. The van der Waals surface area contributed by atoms with Gasteiger partial charge in [-0.25, -0.2) is 15.0 Å². The van der Waals surface area contributed by atoms with Gasteiger partial charge in [0.15, 0.2) is 5.82 Å². The smallest absolute Gasteiger partial charge is 0.153 e. The first-order valence-electron chi connectivity index (χ1n) is 10.9. The fraction of sp³-hybridized carbons (Fsp3) is 0.391. The zero-order valence-corrected chi connectivity index (χ0v) is 19.9. The lowest BCUT2D eigenvalue weighted by molar-refractivity contribution is 0.186. The van der Waals surface area contributed by atoms with E-state index >= 15 is 0 Å². The molecular weight excluding hydrogens is 458 g/mol. The number of nitrogens with two attached hydrogens (primary N) is 2. The average molecular weight is 484 g/mol. The van der Waals surface area contributed by atoms with Gasteiger partial charge in [-0.05, 0) is 49.3 Å². The molecule has 1 fully saturated rings. The van der Waals surface area contributed by atoms with Gasteiger partial charge in [0.2, 0.25) is 0 Å². The summed E-state index contributed by atoms with van der Waals surface area (Å²) in [7, 11) is 0. The molecule has 1 aliphatic carbocycles. The first-order chi connectivity index (χ1) is 15.9. The minimum absolute atomic E-state index is 0.00445. The van der Waals surface area contributed by atoms with Crippen LogP contribution in [0.5, 0.6) is 0 Å². The fourth-order valence-corrected chi connectivity index (χ4v) is 6.02. The number of pyridine rings is 2. The van der Waals surface area contributed by atoms with Gasteiger partial charge in [-0.3, -0.25) is 4.98 Å². The van der Waals surface area contributed by atoms with Crippen LogP contribution in [0.15, 0.2) is 40.5 Å². The van der Waals surface area contributed by atoms with Crippen LogP contribution in [0.3, 0.4) is 0 Å². The van der Waals surface area contributed by atoms with E-state index < -0.39 is 0 Å². The van der Waals surface area contributed by atoms with Gasteiger partial charge < -0.3 is 21.5 Å². The molecule has 0 aromatic carbocycles. The maximum atomic E-state index is 10.1. The van der Waals surface area contributed by atoms with Gasteiger partial charge in [0.05, 0.1) is 17.3 Å². The zero-order valence-electron chi connectivity index (χ0n) is 18.3. The lowest BCUT2D eigenvalue weighted by Crippen LogP contribution is -2.45. The van der Waals surface area contributed by atoms with Crippen LogP contribution in [-0.4, -0.2) is 38.1 Å². The van der Waals surface area contributed by atoms with E-state index in [0.717, 1.165) is 54.5 Å². The molecule has 5 N–H and O–H groups in total. The summed E-state index contributed by atoms with van der Waals surface area (Å²) in [6.45, 7) is 3.34. The minimum atomic E-state index is -0.196. The van der Waals surface area contributed by atoms with E-state index in [1.807, 2.05) is 19.2 Å². The quantitative estimate of drug-likeness (QED) is 0.512. The van der Waals surface area contributed by atoms with E-state index in [0.29, 0.717) is 15.7 Å². The van der Waals surface area contributed by atoms with Crippen LogP contribution >= 0.6 is 23.4 Å². The summed E-state index contributed by atoms with van der Waals surface area (Å²) in [6.07, 6.45) is 6.26. The third-order valence-corrected chi connectivity index (χ3v) is 8.46. The number of piperidine rings is 1. The minimum Gasteiger partial charge on any atom is -0.390 e. The maximum absolute atomic E-state index is 10.1. The Morgan fingerprint density at radius 2 is 2.00 bits per heavy atom. The third kappa shape index (κ3) is 3.93. The van der Waals surface area contributed by atoms with Crippen LogP contribution < -0.4 is 16.4 Å². The lowest BCUT2D eigenvalue weighted by Gasteiger charge is -2.42. The van der Waals surface area contributed by atoms with Crippen LogP contribution in [0.2, 0.25) is 5.02 Å². The highest BCUT2D eigenvalue weighted by Crippen LogP contribution is 2.50. The van der Waals surface area contributed by atoms with Gasteiger partial charge in [-0.15, -0.1) is 0 Å². The van der Waals surface area contributed by atoms with Crippen LogP contribution in [0.25, 0.3) is 0 Å². The molecule has 10 heteroatoms. The second-order valence-corrected chi connectivity index (χ2v) is 10.1. The number of nitrogen functional groups attached to an aromatic ring is 1. The van der Waals surface area contributed by atoms with E-state index in [1.54, 1.807) is 12.3 Å². The fourth-order valence-electron chi connectivity index (χ4n) is 4.91. The Morgan fingerprint density at radius 1 is 1.21 bits per heavy atom. The van der Waals surface area contributed by atoms with E-state index in [9.17, 15) is 5.11 Å². The van der Waals surface area contributed by atoms with Crippen LogP contribution in [0, 0.1) is 12.3 Å². The molecule has 1 atom stereocenters. The Balaban J connectivity index is 1.36. The van der Waals surface area contributed by atoms with Gasteiger partial charge >= 0.3 is 0 Å². The van der Waals surface area contributed by atoms with Crippen molar-refractivity contribution in [2.24, 2.45) is 11.1 Å². The van der Waals surface area contributed by atoms with Crippen molar-refractivity contribution in [1.82, 2.24) is 19.9 Å². The highest BCUT2D eigenvalue weighted by molar-refractivity contribution is 7.99. The van der Waals surface area contributed by atoms with E-state index in [1.165, 1.54) is 17.3 Å². The molecule has 0 amide bonds. The van der Waals surface area contributed by atoms with Gasteiger partial charge in [-0.2, -0.15) is 0 Å². The van der Waals surface area contributed by atoms with Crippen molar-refractivity contribution in [2.45, 2.75) is 48.8 Å². The van der Waals surface area contributed by atoms with Crippen LogP contribution in [-0.2, 0) is 13.0 Å². The molecule has 0 bridgehead atoms. The van der Waals surface area contributed by atoms with Gasteiger partial charge in [0.1, 0.15) is 16.5 Å². The summed E-state index contributed by atoms with van der Waals surface area (Å²) in [5.74, 6) is 1.01. The Hall–Kier alpha value is -2.46. The predicted molar refractivity (Wildman–Crippen MR) is 129 cm³/mol. The highest BCUT2D eigenvalue weighted by Gasteiger charge is 2.46. The molecule has 2 aliphatic rings. The number of nitrogens with zero attached hydrogens (tertiary/aromatic N) is 5. The van der Waals surface area contributed by atoms with E-state index in [-0.39, 0.29) is 23.9 Å². The van der Waals surface area contributed by atoms with Crippen molar-refractivity contribution in [3.05, 3.63) is 58.3 Å². The SMILES string of the molecule is Cc1nc(N2CCC3(CC2)Cc2ncccc2[C@H]3N)c(CO)nc1Sc1ccnc(N)c1Cl. The molecule has 33 heavy (non-hydrogen) atoms. The molecule has 3 aromatic heterocycles. The Kier molecular flexibility index (Phi) is 5.90. The third-order valence-electron chi connectivity index (χ3n) is 6.81. The Morgan fingerprint density at radius 3 is 2.73 bits per heavy atom. The first-order valence-corrected chi connectivity index (χ1v) is 12.1. The van der Waals surface area contributed by atoms with E-state index in [2.05, 4.69) is 20.9 Å². The van der Waals surface area contributed by atoms with Crippen molar-refractivity contribution >= 4 is 35.0 Å². The molecule has 8 nitrogen and oxygen atoms in total. The molecule has 1 spiro atoms. The van der Waals surface area contributed by atoms with Crippen molar-refractivity contribution in [2.75, 3.05) is 23.7 Å². The molecule has 5 rings (SSSR count). The summed E-state index contributed by atoms with van der Waals surface area (Å²) < 4.78 is 0. The standard InChI is InChI=1S/C23H26ClN7OS/c1-13-22(33-17-4-8-28-20(26)18(17)24)30-16(12-32)21(29-13)31-9-5-23(6-10-31)11-15-14(19(23)25)3-2-7-27-15/h2-4,7-8,19,32H,5-6,9-12,25H2,1H3,(H2,26,28)/t19-/m1/s1. The molecule has 0 radical (unpaired) electrons. The van der Waals surface area contributed by atoms with Crippen molar-refractivity contribution in [1.29, 1.82) is 0 Å². The Bertz CT molecular complexity index is 1200. The molecule has 0 saturated carbocycles. The molecule has 1 saturated heterocycles.